The molecule has 3 aromatic carbocycles. The highest BCUT2D eigenvalue weighted by molar-refractivity contribution is 5.97. The maximum atomic E-state index is 13.9. The summed E-state index contributed by atoms with van der Waals surface area (Å²) < 4.78 is 22.2. The fraction of sp³-hybridized carbons (Fsp3) is 0.276. The van der Waals surface area contributed by atoms with Crippen LogP contribution in [0.15, 0.2) is 76.3 Å². The average molecular weight is 502 g/mol. The van der Waals surface area contributed by atoms with E-state index < -0.39 is 17.1 Å². The van der Waals surface area contributed by atoms with E-state index in [1.54, 1.807) is 30.3 Å². The predicted molar refractivity (Wildman–Crippen MR) is 139 cm³/mol. The molecule has 37 heavy (non-hydrogen) atoms. The van der Waals surface area contributed by atoms with E-state index >= 15 is 0 Å². The summed E-state index contributed by atoms with van der Waals surface area (Å²) in [6.07, 6.45) is 1.44. The Hall–Kier alpha value is -4.04. The number of ether oxygens (including phenoxy) is 1. The van der Waals surface area contributed by atoms with Crippen molar-refractivity contribution >= 4 is 16.8 Å². The fourth-order valence-corrected chi connectivity index (χ4v) is 4.67. The van der Waals surface area contributed by atoms with Crippen molar-refractivity contribution in [2.75, 3.05) is 6.61 Å². The zero-order valence-corrected chi connectivity index (χ0v) is 20.6. The Morgan fingerprint density at radius 2 is 1.84 bits per heavy atom. The number of aromatic nitrogens is 2. The smallest absolute Gasteiger partial charge is 0.331 e. The molecule has 0 bridgehead atoms. The predicted octanol–water partition coefficient (Wildman–Crippen LogP) is 3.77. The molecule has 5 rings (SSSR count). The van der Waals surface area contributed by atoms with E-state index in [1.807, 2.05) is 31.2 Å². The van der Waals surface area contributed by atoms with Gasteiger partial charge in [-0.2, -0.15) is 0 Å². The largest absolute Gasteiger partial charge is 0.376 e. The first-order valence-corrected chi connectivity index (χ1v) is 12.4. The standard InChI is InChI=1S/C29H28FN3O4/c1-19-7-9-20(10-8-19)16-31-27(34)22-11-12-25-26(15-22)32(17-21-4-2-5-23(30)14-21)29(36)33(28(25)35)18-24-6-3-13-37-24/h2,4-5,7-12,14-15,24H,3,6,13,16-18H2,1H3,(H,31,34). The molecule has 1 aliphatic heterocycles. The minimum atomic E-state index is -0.519. The van der Waals surface area contributed by atoms with Crippen LogP contribution in [0.2, 0.25) is 0 Å². The Morgan fingerprint density at radius 3 is 2.57 bits per heavy atom. The van der Waals surface area contributed by atoms with Gasteiger partial charge in [-0.1, -0.05) is 42.0 Å². The molecule has 1 aliphatic rings. The first-order chi connectivity index (χ1) is 17.9. The number of benzene rings is 3. The third kappa shape index (κ3) is 5.39. The van der Waals surface area contributed by atoms with Crippen LogP contribution in [0.3, 0.4) is 0 Å². The molecule has 8 heteroatoms. The number of fused-ring (bicyclic) bond motifs is 1. The molecule has 1 atom stereocenters. The summed E-state index contributed by atoms with van der Waals surface area (Å²) in [7, 11) is 0. The normalized spacial score (nSPS) is 15.2. The maximum Gasteiger partial charge on any atom is 0.331 e. The molecular weight excluding hydrogens is 473 g/mol. The molecule has 0 radical (unpaired) electrons. The molecule has 1 amide bonds. The fourth-order valence-electron chi connectivity index (χ4n) is 4.67. The Bertz CT molecular complexity index is 1570. The number of rotatable bonds is 7. The lowest BCUT2D eigenvalue weighted by Gasteiger charge is -2.17. The Labute approximate surface area is 213 Å². The summed E-state index contributed by atoms with van der Waals surface area (Å²) in [5.41, 5.74) is 2.35. The lowest BCUT2D eigenvalue weighted by molar-refractivity contribution is 0.0947. The van der Waals surface area contributed by atoms with Gasteiger partial charge in [-0.15, -0.1) is 0 Å². The lowest BCUT2D eigenvalue weighted by Crippen LogP contribution is -2.42. The third-order valence-corrected chi connectivity index (χ3v) is 6.70. The minimum Gasteiger partial charge on any atom is -0.376 e. The summed E-state index contributed by atoms with van der Waals surface area (Å²) in [6.45, 7) is 3.14. The second-order valence-electron chi connectivity index (χ2n) is 9.45. The number of hydrogen-bond donors (Lipinski definition) is 1. The molecule has 7 nitrogen and oxygen atoms in total. The first-order valence-electron chi connectivity index (χ1n) is 12.4. The van der Waals surface area contributed by atoms with Crippen LogP contribution in [0.25, 0.3) is 10.9 Å². The number of aryl methyl sites for hydroxylation is 1. The van der Waals surface area contributed by atoms with E-state index in [0.29, 0.717) is 35.2 Å². The van der Waals surface area contributed by atoms with Gasteiger partial charge in [0.2, 0.25) is 0 Å². The maximum absolute atomic E-state index is 13.9. The van der Waals surface area contributed by atoms with E-state index in [0.717, 1.165) is 24.0 Å². The number of amides is 1. The number of nitrogens with one attached hydrogen (secondary N) is 1. The van der Waals surface area contributed by atoms with Crippen molar-refractivity contribution in [2.45, 2.75) is 45.5 Å². The molecule has 2 heterocycles. The van der Waals surface area contributed by atoms with E-state index in [4.69, 9.17) is 4.74 Å². The molecular formula is C29H28FN3O4. The lowest BCUT2D eigenvalue weighted by atomic mass is 10.1. The molecule has 1 saturated heterocycles. The van der Waals surface area contributed by atoms with Crippen LogP contribution in [0.4, 0.5) is 4.39 Å². The van der Waals surface area contributed by atoms with Gasteiger partial charge in [-0.25, -0.2) is 9.18 Å². The second-order valence-corrected chi connectivity index (χ2v) is 9.45. The summed E-state index contributed by atoms with van der Waals surface area (Å²) >= 11 is 0. The summed E-state index contributed by atoms with van der Waals surface area (Å²) in [4.78, 5) is 39.9. The van der Waals surface area contributed by atoms with Crippen molar-refractivity contribution in [3.8, 4) is 0 Å². The zero-order chi connectivity index (χ0) is 25.9. The van der Waals surface area contributed by atoms with Crippen molar-refractivity contribution in [3.05, 3.63) is 116 Å². The molecule has 1 aromatic heterocycles. The SMILES string of the molecule is Cc1ccc(CNC(=O)c2ccc3c(=O)n(CC4CCCO4)c(=O)n(Cc4cccc(F)c4)c3c2)cc1. The van der Waals surface area contributed by atoms with Crippen molar-refractivity contribution in [3.63, 3.8) is 0 Å². The van der Waals surface area contributed by atoms with E-state index in [2.05, 4.69) is 5.32 Å². The van der Waals surface area contributed by atoms with Gasteiger partial charge >= 0.3 is 5.69 Å². The molecule has 0 aliphatic carbocycles. The van der Waals surface area contributed by atoms with Gasteiger partial charge < -0.3 is 10.1 Å². The summed E-state index contributed by atoms with van der Waals surface area (Å²) in [5.74, 6) is -0.741. The molecule has 1 fully saturated rings. The van der Waals surface area contributed by atoms with E-state index in [-0.39, 0.29) is 25.1 Å². The minimum absolute atomic E-state index is 0.0489. The van der Waals surface area contributed by atoms with E-state index in [1.165, 1.54) is 21.3 Å². The summed E-state index contributed by atoms with van der Waals surface area (Å²) in [6, 6.07) is 18.5. The van der Waals surface area contributed by atoms with Crippen LogP contribution in [0.5, 0.6) is 0 Å². The third-order valence-electron chi connectivity index (χ3n) is 6.70. The van der Waals surface area contributed by atoms with Crippen molar-refractivity contribution in [2.24, 2.45) is 0 Å². The number of hydrogen-bond acceptors (Lipinski definition) is 4. The van der Waals surface area contributed by atoms with Gasteiger partial charge in [0.1, 0.15) is 5.82 Å². The summed E-state index contributed by atoms with van der Waals surface area (Å²) in [5, 5.41) is 3.20. The zero-order valence-electron chi connectivity index (χ0n) is 20.6. The van der Waals surface area contributed by atoms with Crippen LogP contribution in [-0.4, -0.2) is 27.8 Å². The highest BCUT2D eigenvalue weighted by Crippen LogP contribution is 2.17. The Kier molecular flexibility index (Phi) is 7.01. The highest BCUT2D eigenvalue weighted by Gasteiger charge is 2.21. The molecule has 4 aromatic rings. The van der Waals surface area contributed by atoms with Crippen LogP contribution in [-0.2, 0) is 24.4 Å². The van der Waals surface area contributed by atoms with Gasteiger partial charge in [0.25, 0.3) is 11.5 Å². The van der Waals surface area contributed by atoms with Gasteiger partial charge in [-0.05, 0) is 61.2 Å². The van der Waals surface area contributed by atoms with Crippen molar-refractivity contribution in [1.29, 1.82) is 0 Å². The van der Waals surface area contributed by atoms with Gasteiger partial charge in [0.05, 0.1) is 30.1 Å². The second kappa shape index (κ2) is 10.5. The van der Waals surface area contributed by atoms with Crippen LogP contribution in [0.1, 0.15) is 39.9 Å². The number of nitrogens with zero attached hydrogens (tertiary/aromatic N) is 2. The molecule has 0 spiro atoms. The average Bonchev–Trinajstić information content (AvgIpc) is 3.41. The van der Waals surface area contributed by atoms with E-state index in [9.17, 15) is 18.8 Å². The molecule has 1 unspecified atom stereocenters. The highest BCUT2D eigenvalue weighted by atomic mass is 19.1. The topological polar surface area (TPSA) is 82.3 Å². The van der Waals surface area contributed by atoms with Crippen LogP contribution < -0.4 is 16.6 Å². The number of carbonyl (C=O) groups excluding carboxylic acids is 1. The number of carbonyl (C=O) groups is 1. The Balaban J connectivity index is 1.54. The van der Waals surface area contributed by atoms with Crippen LogP contribution >= 0.6 is 0 Å². The molecule has 0 saturated carbocycles. The van der Waals surface area contributed by atoms with Crippen molar-refractivity contribution < 1.29 is 13.9 Å². The monoisotopic (exact) mass is 501 g/mol. The molecule has 1 N–H and O–H groups in total. The van der Waals surface area contributed by atoms with Gasteiger partial charge in [0, 0.05) is 18.7 Å². The quantitative estimate of drug-likeness (QED) is 0.418. The van der Waals surface area contributed by atoms with Gasteiger partial charge in [0.15, 0.2) is 0 Å². The van der Waals surface area contributed by atoms with Crippen LogP contribution in [0, 0.1) is 12.7 Å². The first kappa shape index (κ1) is 24.6. The number of halogens is 1. The molecule has 190 valence electrons. The van der Waals surface area contributed by atoms with Crippen molar-refractivity contribution in [1.82, 2.24) is 14.5 Å². The van der Waals surface area contributed by atoms with Gasteiger partial charge in [-0.3, -0.25) is 18.7 Å². The Morgan fingerprint density at radius 1 is 1.03 bits per heavy atom.